The van der Waals surface area contributed by atoms with Crippen LogP contribution < -0.4 is 16.9 Å². The molecule has 0 saturated carbocycles. The van der Waals surface area contributed by atoms with Gasteiger partial charge >= 0.3 is 0 Å². The van der Waals surface area contributed by atoms with Crippen molar-refractivity contribution in [3.8, 4) is 0 Å². The van der Waals surface area contributed by atoms with Crippen LogP contribution in [0.15, 0.2) is 0 Å². The topological polar surface area (TPSA) is 115 Å². The van der Waals surface area contributed by atoms with Gasteiger partial charge in [0, 0.05) is 6.54 Å². The smallest absolute Gasteiger partial charge is 0.240 e. The molecule has 0 amide bonds. The number of aromatic nitrogens is 3. The summed E-state index contributed by atoms with van der Waals surface area (Å²) in [6.07, 6.45) is 0.248. The van der Waals surface area contributed by atoms with Crippen LogP contribution in [0.2, 0.25) is 0 Å². The van der Waals surface area contributed by atoms with Crippen LogP contribution in [0.25, 0.3) is 0 Å². The van der Waals surface area contributed by atoms with Gasteiger partial charge in [-0.25, -0.2) is 4.68 Å². The van der Waals surface area contributed by atoms with Gasteiger partial charge in [-0.1, -0.05) is 0 Å². The Morgan fingerprint density at radius 3 is 2.77 bits per heavy atom. The molecule has 1 aliphatic rings. The van der Waals surface area contributed by atoms with E-state index in [2.05, 4.69) is 15.5 Å². The number of aliphatic hydroxyl groups excluding tert-OH is 1. The largest absolute Gasteiger partial charge is 0.392 e. The van der Waals surface area contributed by atoms with Crippen LogP contribution in [0.5, 0.6) is 0 Å². The lowest BCUT2D eigenvalue weighted by Crippen LogP contribution is -2.23. The summed E-state index contributed by atoms with van der Waals surface area (Å²) in [7, 11) is 0. The lowest BCUT2D eigenvalue weighted by Gasteiger charge is -2.07. The molecule has 2 heterocycles. The standard InChI is InChI=1S/C6H12N6O/c7-6-11-10-5(12(6)8)4-1-3(13)2-9-4/h3-4,9,13H,1-2,8H2,(H2,7,11)/t3?,4-/m0/s1. The fraction of sp³-hybridized carbons (Fsp3) is 0.667. The number of nitrogens with zero attached hydrogens (tertiary/aromatic N) is 3. The molecule has 1 unspecified atom stereocenters. The van der Waals surface area contributed by atoms with E-state index in [-0.39, 0.29) is 18.1 Å². The van der Waals surface area contributed by atoms with Crippen LogP contribution >= 0.6 is 0 Å². The summed E-state index contributed by atoms with van der Waals surface area (Å²) in [5.74, 6) is 6.32. The summed E-state index contributed by atoms with van der Waals surface area (Å²) in [4.78, 5) is 0. The highest BCUT2D eigenvalue weighted by molar-refractivity contribution is 5.19. The Morgan fingerprint density at radius 2 is 2.31 bits per heavy atom. The van der Waals surface area contributed by atoms with E-state index in [1.165, 1.54) is 4.68 Å². The van der Waals surface area contributed by atoms with Crippen molar-refractivity contribution in [3.05, 3.63) is 5.82 Å². The number of hydrogen-bond acceptors (Lipinski definition) is 6. The molecule has 7 nitrogen and oxygen atoms in total. The third-order valence-corrected chi connectivity index (χ3v) is 2.17. The first-order valence-corrected chi connectivity index (χ1v) is 4.06. The molecule has 0 spiro atoms. The molecule has 0 bridgehead atoms. The zero-order valence-electron chi connectivity index (χ0n) is 7.01. The van der Waals surface area contributed by atoms with Crippen molar-refractivity contribution in [1.29, 1.82) is 0 Å². The molecule has 0 aliphatic carbocycles. The van der Waals surface area contributed by atoms with E-state index in [4.69, 9.17) is 11.6 Å². The number of β-amino-alcohol motifs (C(OH)–C–C–N with tert-alkyl or cyclic N) is 1. The van der Waals surface area contributed by atoms with E-state index in [0.717, 1.165) is 0 Å². The number of nitrogens with two attached hydrogens (primary N) is 2. The molecule has 0 aromatic carbocycles. The van der Waals surface area contributed by atoms with Gasteiger partial charge in [-0.3, -0.25) is 0 Å². The second-order valence-corrected chi connectivity index (χ2v) is 3.14. The first kappa shape index (κ1) is 8.27. The second kappa shape index (κ2) is 2.86. The molecule has 1 aliphatic heterocycles. The molecule has 7 heteroatoms. The zero-order valence-corrected chi connectivity index (χ0v) is 7.01. The minimum absolute atomic E-state index is 0.0511. The Labute approximate surface area is 74.7 Å². The Hall–Kier alpha value is -1.34. The average molecular weight is 184 g/mol. The van der Waals surface area contributed by atoms with Gasteiger partial charge in [-0.15, -0.1) is 10.2 Å². The van der Waals surface area contributed by atoms with Crippen molar-refractivity contribution in [2.75, 3.05) is 18.1 Å². The van der Waals surface area contributed by atoms with Gasteiger partial charge in [-0.05, 0) is 6.42 Å². The van der Waals surface area contributed by atoms with Gasteiger partial charge in [0.2, 0.25) is 5.95 Å². The minimum atomic E-state index is -0.345. The van der Waals surface area contributed by atoms with E-state index in [0.29, 0.717) is 18.8 Å². The maximum absolute atomic E-state index is 9.27. The molecule has 1 fully saturated rings. The first-order chi connectivity index (χ1) is 6.18. The van der Waals surface area contributed by atoms with Gasteiger partial charge in [0.05, 0.1) is 12.1 Å². The van der Waals surface area contributed by atoms with E-state index >= 15 is 0 Å². The summed E-state index contributed by atoms with van der Waals surface area (Å²) in [6.45, 7) is 0.553. The minimum Gasteiger partial charge on any atom is -0.392 e. The zero-order chi connectivity index (χ0) is 9.42. The van der Waals surface area contributed by atoms with E-state index in [9.17, 15) is 5.11 Å². The molecule has 1 aromatic heterocycles. The van der Waals surface area contributed by atoms with Crippen molar-refractivity contribution >= 4 is 5.95 Å². The number of anilines is 1. The monoisotopic (exact) mass is 184 g/mol. The van der Waals surface area contributed by atoms with E-state index in [1.807, 2.05) is 0 Å². The summed E-state index contributed by atoms with van der Waals surface area (Å²) >= 11 is 0. The number of aliphatic hydroxyl groups is 1. The van der Waals surface area contributed by atoms with Crippen molar-refractivity contribution in [2.24, 2.45) is 0 Å². The third-order valence-electron chi connectivity index (χ3n) is 2.17. The Bertz CT molecular complexity index is 310. The van der Waals surface area contributed by atoms with Crippen LogP contribution in [-0.2, 0) is 0 Å². The van der Waals surface area contributed by atoms with Crippen LogP contribution in [0.4, 0.5) is 5.95 Å². The van der Waals surface area contributed by atoms with Crippen molar-refractivity contribution in [2.45, 2.75) is 18.6 Å². The highest BCUT2D eigenvalue weighted by atomic mass is 16.3. The third kappa shape index (κ3) is 1.31. The summed E-state index contributed by atoms with van der Waals surface area (Å²) in [5.41, 5.74) is 5.42. The van der Waals surface area contributed by atoms with Gasteiger partial charge < -0.3 is 22.0 Å². The van der Waals surface area contributed by atoms with Crippen LogP contribution in [0.1, 0.15) is 18.3 Å². The predicted molar refractivity (Wildman–Crippen MR) is 46.0 cm³/mol. The number of nitrogens with one attached hydrogen (secondary N) is 1. The maximum Gasteiger partial charge on any atom is 0.240 e. The maximum atomic E-state index is 9.27. The van der Waals surface area contributed by atoms with Gasteiger partial charge in [0.15, 0.2) is 5.82 Å². The molecular weight excluding hydrogens is 172 g/mol. The van der Waals surface area contributed by atoms with Gasteiger partial charge in [-0.2, -0.15) is 0 Å². The fourth-order valence-corrected chi connectivity index (χ4v) is 1.47. The number of rotatable bonds is 1. The molecular formula is C6H12N6O. The van der Waals surface area contributed by atoms with Crippen LogP contribution in [-0.4, -0.2) is 32.6 Å². The summed E-state index contributed by atoms with van der Waals surface area (Å²) in [5, 5.41) is 19.8. The van der Waals surface area contributed by atoms with Crippen molar-refractivity contribution < 1.29 is 5.11 Å². The summed E-state index contributed by atoms with van der Waals surface area (Å²) in [6, 6.07) is -0.0511. The molecule has 72 valence electrons. The molecule has 2 atom stereocenters. The number of nitrogen functional groups attached to an aromatic ring is 2. The quantitative estimate of drug-likeness (QED) is 0.374. The Balaban J connectivity index is 2.21. The number of hydrogen-bond donors (Lipinski definition) is 4. The Kier molecular flexibility index (Phi) is 1.82. The normalized spacial score (nSPS) is 28.1. The second-order valence-electron chi connectivity index (χ2n) is 3.14. The highest BCUT2D eigenvalue weighted by Gasteiger charge is 2.27. The first-order valence-electron chi connectivity index (χ1n) is 4.06. The molecule has 1 aromatic rings. The van der Waals surface area contributed by atoms with Crippen molar-refractivity contribution in [3.63, 3.8) is 0 Å². The molecule has 1 saturated heterocycles. The average Bonchev–Trinajstić information content (AvgIpc) is 2.62. The van der Waals surface area contributed by atoms with Crippen LogP contribution in [0.3, 0.4) is 0 Å². The SMILES string of the molecule is Nc1nnc([C@@H]2CC(O)CN2)n1N. The predicted octanol–water partition coefficient (Wildman–Crippen LogP) is -2.03. The van der Waals surface area contributed by atoms with E-state index < -0.39 is 0 Å². The van der Waals surface area contributed by atoms with Gasteiger partial charge in [0.25, 0.3) is 0 Å². The lowest BCUT2D eigenvalue weighted by molar-refractivity contribution is 0.193. The molecule has 13 heavy (non-hydrogen) atoms. The van der Waals surface area contributed by atoms with Crippen molar-refractivity contribution in [1.82, 2.24) is 20.2 Å². The molecule has 0 radical (unpaired) electrons. The van der Waals surface area contributed by atoms with Gasteiger partial charge in [0.1, 0.15) is 0 Å². The summed E-state index contributed by atoms with van der Waals surface area (Å²) < 4.78 is 1.23. The molecule has 6 N–H and O–H groups in total. The van der Waals surface area contributed by atoms with E-state index in [1.54, 1.807) is 0 Å². The highest BCUT2D eigenvalue weighted by Crippen LogP contribution is 2.21. The van der Waals surface area contributed by atoms with Crippen LogP contribution in [0, 0.1) is 0 Å². The fourth-order valence-electron chi connectivity index (χ4n) is 1.47. The lowest BCUT2D eigenvalue weighted by atomic mass is 10.2. The Morgan fingerprint density at radius 1 is 1.54 bits per heavy atom. The molecule has 2 rings (SSSR count).